The van der Waals surface area contributed by atoms with Crippen LogP contribution in [0.3, 0.4) is 0 Å². The summed E-state index contributed by atoms with van der Waals surface area (Å²) in [6, 6.07) is 13.3. The van der Waals surface area contributed by atoms with Gasteiger partial charge in [0, 0.05) is 10.3 Å². The van der Waals surface area contributed by atoms with Crippen LogP contribution in [0.25, 0.3) is 10.1 Å². The van der Waals surface area contributed by atoms with E-state index in [1.54, 1.807) is 23.5 Å². The van der Waals surface area contributed by atoms with Crippen LogP contribution in [-0.4, -0.2) is 44.1 Å². The molecule has 4 nitrogen and oxygen atoms in total. The summed E-state index contributed by atoms with van der Waals surface area (Å²) in [4.78, 5) is 17.2. The molecular weight excluding hydrogens is 375 g/mol. The highest BCUT2D eigenvalue weighted by Gasteiger charge is 2.27. The van der Waals surface area contributed by atoms with Crippen LogP contribution < -0.4 is 9.64 Å². The first-order chi connectivity index (χ1) is 13.6. The maximum absolute atomic E-state index is 13.9. The third-order valence-corrected chi connectivity index (χ3v) is 6.73. The van der Waals surface area contributed by atoms with E-state index in [1.807, 2.05) is 30.0 Å². The van der Waals surface area contributed by atoms with Crippen LogP contribution in [0.15, 0.2) is 42.5 Å². The number of halogens is 1. The Morgan fingerprint density at radius 3 is 2.64 bits per heavy atom. The van der Waals surface area contributed by atoms with Gasteiger partial charge >= 0.3 is 0 Å². The fraction of sp³-hybridized carbons (Fsp3) is 0.318. The molecule has 1 amide bonds. The summed E-state index contributed by atoms with van der Waals surface area (Å²) in [6.45, 7) is 5.96. The SMILES string of the molecule is COc1ccc(C[NH+]2CCN(C(=O)c3sc4ccccc4c3C)CC2)cc1F. The first-order valence-corrected chi connectivity index (χ1v) is 10.3. The fourth-order valence-corrected chi connectivity index (χ4v) is 5.01. The zero-order valence-corrected chi connectivity index (χ0v) is 16.9. The van der Waals surface area contributed by atoms with E-state index in [2.05, 4.69) is 12.1 Å². The summed E-state index contributed by atoms with van der Waals surface area (Å²) in [7, 11) is 1.47. The van der Waals surface area contributed by atoms with Gasteiger partial charge in [-0.25, -0.2) is 4.39 Å². The lowest BCUT2D eigenvalue weighted by atomic mass is 10.1. The van der Waals surface area contributed by atoms with Crippen LogP contribution in [0, 0.1) is 12.7 Å². The maximum Gasteiger partial charge on any atom is 0.264 e. The molecule has 1 aliphatic heterocycles. The lowest BCUT2D eigenvalue weighted by Gasteiger charge is -2.32. The molecule has 0 spiro atoms. The standard InChI is InChI=1S/C22H23FN2O2S/c1-15-17-5-3-4-6-20(17)28-21(15)22(26)25-11-9-24(10-12-25)14-16-7-8-19(27-2)18(23)13-16/h3-8,13H,9-12,14H2,1-2H3/p+1. The van der Waals surface area contributed by atoms with Crippen molar-refractivity contribution in [1.82, 2.24) is 4.90 Å². The van der Waals surface area contributed by atoms with Crippen LogP contribution in [0.4, 0.5) is 4.39 Å². The van der Waals surface area contributed by atoms with Gasteiger partial charge in [-0.2, -0.15) is 0 Å². The zero-order valence-electron chi connectivity index (χ0n) is 16.1. The third-order valence-electron chi connectivity index (χ3n) is 5.47. The molecular formula is C22H24FN2O2S+. The van der Waals surface area contributed by atoms with Gasteiger partial charge in [-0.15, -0.1) is 11.3 Å². The van der Waals surface area contributed by atoms with Crippen molar-refractivity contribution in [3.63, 3.8) is 0 Å². The van der Waals surface area contributed by atoms with Crippen molar-refractivity contribution in [2.75, 3.05) is 33.3 Å². The Morgan fingerprint density at radius 2 is 1.96 bits per heavy atom. The molecule has 1 saturated heterocycles. The van der Waals surface area contributed by atoms with Gasteiger partial charge < -0.3 is 14.5 Å². The predicted molar refractivity (Wildman–Crippen MR) is 110 cm³/mol. The van der Waals surface area contributed by atoms with E-state index in [9.17, 15) is 9.18 Å². The zero-order chi connectivity index (χ0) is 19.7. The van der Waals surface area contributed by atoms with Gasteiger partial charge in [0.1, 0.15) is 6.54 Å². The van der Waals surface area contributed by atoms with Crippen molar-refractivity contribution >= 4 is 27.3 Å². The summed E-state index contributed by atoms with van der Waals surface area (Å²) in [5.41, 5.74) is 2.03. The second kappa shape index (κ2) is 7.89. The monoisotopic (exact) mass is 399 g/mol. The van der Waals surface area contributed by atoms with Gasteiger partial charge in [0.25, 0.3) is 5.91 Å². The molecule has 1 aromatic heterocycles. The number of ether oxygens (including phenoxy) is 1. The molecule has 2 heterocycles. The smallest absolute Gasteiger partial charge is 0.264 e. The Balaban J connectivity index is 1.40. The molecule has 4 rings (SSSR count). The van der Waals surface area contributed by atoms with Crippen LogP contribution in [0.5, 0.6) is 5.75 Å². The first kappa shape index (κ1) is 18.9. The summed E-state index contributed by atoms with van der Waals surface area (Å²) in [5.74, 6) is 0.0783. The number of carbonyl (C=O) groups is 1. The number of fused-ring (bicyclic) bond motifs is 1. The van der Waals surface area contributed by atoms with E-state index >= 15 is 0 Å². The molecule has 1 N–H and O–H groups in total. The average Bonchev–Trinajstić information content (AvgIpc) is 3.05. The van der Waals surface area contributed by atoms with Crippen molar-refractivity contribution in [2.24, 2.45) is 0 Å². The minimum atomic E-state index is -0.326. The van der Waals surface area contributed by atoms with Gasteiger partial charge in [-0.1, -0.05) is 18.2 Å². The average molecular weight is 400 g/mol. The van der Waals surface area contributed by atoms with Crippen LogP contribution in [-0.2, 0) is 6.54 Å². The number of carbonyl (C=O) groups excluding carboxylic acids is 1. The summed E-state index contributed by atoms with van der Waals surface area (Å²) in [6.07, 6.45) is 0. The summed E-state index contributed by atoms with van der Waals surface area (Å²) >= 11 is 1.58. The van der Waals surface area contributed by atoms with Crippen molar-refractivity contribution in [1.29, 1.82) is 0 Å². The number of quaternary nitrogens is 1. The molecule has 0 saturated carbocycles. The second-order valence-electron chi connectivity index (χ2n) is 7.24. The molecule has 28 heavy (non-hydrogen) atoms. The topological polar surface area (TPSA) is 34.0 Å². The van der Waals surface area contributed by atoms with Crippen molar-refractivity contribution in [3.8, 4) is 5.75 Å². The lowest BCUT2D eigenvalue weighted by molar-refractivity contribution is -0.917. The number of nitrogens with one attached hydrogen (secondary N) is 1. The van der Waals surface area contributed by atoms with Gasteiger partial charge in [-0.05, 0) is 42.1 Å². The minimum Gasteiger partial charge on any atom is -0.494 e. The van der Waals surface area contributed by atoms with Crippen LogP contribution in [0.1, 0.15) is 20.8 Å². The van der Waals surface area contributed by atoms with Gasteiger partial charge in [0.2, 0.25) is 0 Å². The Hall–Kier alpha value is -2.44. The van der Waals surface area contributed by atoms with Crippen molar-refractivity contribution < 1.29 is 18.8 Å². The largest absolute Gasteiger partial charge is 0.494 e. The summed E-state index contributed by atoms with van der Waals surface area (Å²) in [5, 5.41) is 1.17. The normalized spacial score (nSPS) is 15.2. The Bertz CT molecular complexity index is 1010. The van der Waals surface area contributed by atoms with E-state index in [0.29, 0.717) is 0 Å². The van der Waals surface area contributed by atoms with E-state index in [-0.39, 0.29) is 17.5 Å². The second-order valence-corrected chi connectivity index (χ2v) is 8.29. The Morgan fingerprint density at radius 1 is 1.21 bits per heavy atom. The Labute approximate surface area is 168 Å². The van der Waals surface area contributed by atoms with Crippen molar-refractivity contribution in [2.45, 2.75) is 13.5 Å². The number of nitrogens with zero attached hydrogens (tertiary/aromatic N) is 1. The fourth-order valence-electron chi connectivity index (χ4n) is 3.83. The van der Waals surface area contributed by atoms with E-state index in [1.165, 1.54) is 17.4 Å². The molecule has 0 unspecified atom stereocenters. The van der Waals surface area contributed by atoms with Gasteiger partial charge in [0.05, 0.1) is 38.2 Å². The molecule has 146 valence electrons. The highest BCUT2D eigenvalue weighted by Crippen LogP contribution is 2.31. The highest BCUT2D eigenvalue weighted by atomic mass is 32.1. The van der Waals surface area contributed by atoms with Gasteiger partial charge in [-0.3, -0.25) is 4.79 Å². The molecule has 1 fully saturated rings. The van der Waals surface area contributed by atoms with E-state index in [0.717, 1.165) is 53.4 Å². The third kappa shape index (κ3) is 3.62. The molecule has 1 aliphatic rings. The number of benzene rings is 2. The molecule has 0 atom stereocenters. The number of aryl methyl sites for hydroxylation is 1. The predicted octanol–water partition coefficient (Wildman–Crippen LogP) is 2.90. The van der Waals surface area contributed by atoms with Crippen LogP contribution in [0.2, 0.25) is 0 Å². The number of rotatable bonds is 4. The maximum atomic E-state index is 13.9. The molecule has 6 heteroatoms. The first-order valence-electron chi connectivity index (χ1n) is 9.50. The van der Waals surface area contributed by atoms with Crippen molar-refractivity contribution in [3.05, 3.63) is 64.3 Å². The van der Waals surface area contributed by atoms with E-state index < -0.39 is 0 Å². The number of thiophene rings is 1. The number of hydrogen-bond donors (Lipinski definition) is 1. The lowest BCUT2D eigenvalue weighted by Crippen LogP contribution is -3.13. The van der Waals surface area contributed by atoms with Crippen LogP contribution >= 0.6 is 11.3 Å². The summed E-state index contributed by atoms with van der Waals surface area (Å²) < 4.78 is 20.0. The number of hydrogen-bond acceptors (Lipinski definition) is 3. The Kier molecular flexibility index (Phi) is 5.33. The molecule has 0 radical (unpaired) electrons. The molecule has 2 aromatic carbocycles. The molecule has 3 aromatic rings. The minimum absolute atomic E-state index is 0.133. The highest BCUT2D eigenvalue weighted by molar-refractivity contribution is 7.21. The quantitative estimate of drug-likeness (QED) is 0.732. The number of methoxy groups -OCH3 is 1. The number of amides is 1. The molecule has 0 aliphatic carbocycles. The van der Waals surface area contributed by atoms with Gasteiger partial charge in [0.15, 0.2) is 11.6 Å². The molecule has 0 bridgehead atoms. The van der Waals surface area contributed by atoms with E-state index in [4.69, 9.17) is 4.74 Å². The number of piperazine rings is 1.